The average Bonchev–Trinajstić information content (AvgIpc) is 3.54. The van der Waals surface area contributed by atoms with Crippen molar-refractivity contribution in [3.63, 3.8) is 0 Å². The number of nitrogens with zero attached hydrogens (tertiary/aromatic N) is 4. The highest BCUT2D eigenvalue weighted by Crippen LogP contribution is 2.61. The number of hydrogen-bond acceptors (Lipinski definition) is 4. The highest BCUT2D eigenvalue weighted by molar-refractivity contribution is 7.59. The fraction of sp³-hybridized carbons (Fsp3) is 0.949. The van der Waals surface area contributed by atoms with Crippen molar-refractivity contribution in [2.75, 3.05) is 32.7 Å². The summed E-state index contributed by atoms with van der Waals surface area (Å²) in [7, 11) is 0. The van der Waals surface area contributed by atoms with Gasteiger partial charge in [0.25, 0.3) is 0 Å². The molecule has 7 fully saturated rings. The molecule has 0 aromatic carbocycles. The summed E-state index contributed by atoms with van der Waals surface area (Å²) >= 11 is 0. The van der Waals surface area contributed by atoms with Crippen molar-refractivity contribution in [3.05, 3.63) is 0 Å². The van der Waals surface area contributed by atoms with Gasteiger partial charge in [-0.3, -0.25) is 10.4 Å². The highest BCUT2D eigenvalue weighted by Gasteiger charge is 2.50. The van der Waals surface area contributed by atoms with Gasteiger partial charge in [0.05, 0.1) is 12.6 Å². The zero-order chi connectivity index (χ0) is 30.6. The molecular weight excluding hydrogens is 617 g/mol. The van der Waals surface area contributed by atoms with Crippen molar-refractivity contribution in [2.45, 2.75) is 166 Å². The Morgan fingerprint density at radius 2 is 1.28 bits per heavy atom. The lowest BCUT2D eigenvalue weighted by atomic mass is 9.49. The molecule has 2 aliphatic heterocycles. The lowest BCUT2D eigenvalue weighted by Crippen LogP contribution is -2.49. The van der Waals surface area contributed by atoms with Crippen LogP contribution in [0.15, 0.2) is 4.99 Å². The van der Waals surface area contributed by atoms with Crippen molar-refractivity contribution >= 4 is 38.9 Å². The molecule has 0 radical (unpaired) electrons. The molecule has 3 N–H and O–H groups in total. The third-order valence-electron chi connectivity index (χ3n) is 14.2. The monoisotopic (exact) mass is 689 g/mol. The van der Waals surface area contributed by atoms with Gasteiger partial charge in [0, 0.05) is 32.2 Å². The van der Waals surface area contributed by atoms with Crippen LogP contribution in [0.4, 0.5) is 0 Å². The van der Waals surface area contributed by atoms with E-state index < -0.39 is 0 Å². The molecule has 6 saturated carbocycles. The molecule has 270 valence electrons. The molecule has 0 aromatic rings. The summed E-state index contributed by atoms with van der Waals surface area (Å²) in [4.78, 5) is 12.3. The summed E-state index contributed by atoms with van der Waals surface area (Å²) in [5.74, 6) is 6.62. The Morgan fingerprint density at radius 1 is 0.681 bits per heavy atom. The summed E-state index contributed by atoms with van der Waals surface area (Å²) in [6.07, 6.45) is 33.8. The third-order valence-corrected chi connectivity index (χ3v) is 14.2. The summed E-state index contributed by atoms with van der Waals surface area (Å²) in [6, 6.07) is 1.06. The summed E-state index contributed by atoms with van der Waals surface area (Å²) < 4.78 is 0. The maximum absolute atomic E-state index is 9.24. The van der Waals surface area contributed by atoms with E-state index in [4.69, 9.17) is 10.7 Å². The van der Waals surface area contributed by atoms with Gasteiger partial charge in [0.15, 0.2) is 11.9 Å². The Balaban J connectivity index is 0.00000217. The van der Waals surface area contributed by atoms with Gasteiger partial charge < -0.3 is 20.4 Å². The van der Waals surface area contributed by atoms with E-state index >= 15 is 0 Å². The van der Waals surface area contributed by atoms with E-state index in [0.717, 1.165) is 74.2 Å². The van der Waals surface area contributed by atoms with E-state index in [1.807, 2.05) is 0 Å². The van der Waals surface area contributed by atoms with Crippen LogP contribution < -0.4 is 5.73 Å². The molecule has 0 spiro atoms. The molecule has 6 aliphatic carbocycles. The number of nitrogens with two attached hydrogens (primary N) is 1. The van der Waals surface area contributed by atoms with Gasteiger partial charge >= 0.3 is 0 Å². The van der Waals surface area contributed by atoms with E-state index in [-0.39, 0.29) is 27.0 Å². The molecular formula is C39H72N6S2. The first-order chi connectivity index (χ1) is 22.0. The van der Waals surface area contributed by atoms with Crippen LogP contribution in [-0.2, 0) is 0 Å². The van der Waals surface area contributed by atoms with Gasteiger partial charge in [-0.2, -0.15) is 27.0 Å². The number of rotatable bonds is 15. The second-order valence-corrected chi connectivity index (χ2v) is 17.6. The maximum Gasteiger partial charge on any atom is 0.194 e. The standard InChI is InChI=1S/C39H68N6.2H2S/c40-37-42-28-35(44(37)20-17-39-25-32-21-33(26-39)23-34(22-32)27-39)16-8-9-18-43-29-36(24-31-14-5-2-6-15-31)45(38(43)41)19-10-7-13-30-11-3-1-4-12-30;;/h30-36,41H,1-29H2,(H2,40,42);2*1H2/t32?,33?,34?,35-,36-,39?;;/m0../s1. The van der Waals surface area contributed by atoms with Crippen molar-refractivity contribution in [1.82, 2.24) is 14.7 Å². The number of nitrogens with one attached hydrogen (secondary N) is 1. The summed E-state index contributed by atoms with van der Waals surface area (Å²) in [5.41, 5.74) is 7.12. The molecule has 0 aromatic heterocycles. The first-order valence-electron chi connectivity index (χ1n) is 20.2. The second-order valence-electron chi connectivity index (χ2n) is 17.6. The van der Waals surface area contributed by atoms with Crippen LogP contribution in [0.5, 0.6) is 0 Å². The number of hydrogen-bond donors (Lipinski definition) is 2. The quantitative estimate of drug-likeness (QED) is 0.169. The Kier molecular flexibility index (Phi) is 13.9. The third kappa shape index (κ3) is 9.33. The Hall–Kier alpha value is -0.760. The average molecular weight is 689 g/mol. The van der Waals surface area contributed by atoms with Crippen LogP contribution >= 0.6 is 27.0 Å². The first kappa shape index (κ1) is 37.5. The van der Waals surface area contributed by atoms with Crippen LogP contribution in [0, 0.1) is 40.4 Å². The molecule has 0 amide bonds. The van der Waals surface area contributed by atoms with Crippen LogP contribution in [0.2, 0.25) is 0 Å². The van der Waals surface area contributed by atoms with E-state index in [9.17, 15) is 5.41 Å². The van der Waals surface area contributed by atoms with Crippen LogP contribution in [0.25, 0.3) is 0 Å². The minimum Gasteiger partial charge on any atom is -0.370 e. The SMILES string of the molecule is N=C1N(CCCC[C@H]2CN=C(N)N2CCC23CC4CC(CC(C4)C2)C3)C[C@H](CC2CCCCC2)N1CCCCC1CCCCC1.S.S. The number of aliphatic imine (C=N–C) groups is 1. The fourth-order valence-electron chi connectivity index (χ4n) is 12.2. The zero-order valence-corrected chi connectivity index (χ0v) is 31.9. The number of guanidine groups is 2. The molecule has 6 nitrogen and oxygen atoms in total. The summed E-state index contributed by atoms with van der Waals surface area (Å²) in [5, 5.41) is 9.24. The molecule has 4 bridgehead atoms. The molecule has 47 heavy (non-hydrogen) atoms. The minimum atomic E-state index is 0. The van der Waals surface area contributed by atoms with Crippen LogP contribution in [-0.4, -0.2) is 71.4 Å². The van der Waals surface area contributed by atoms with E-state index in [1.54, 1.807) is 0 Å². The van der Waals surface area contributed by atoms with Crippen LogP contribution in [0.1, 0.15) is 154 Å². The highest BCUT2D eigenvalue weighted by atomic mass is 32.1. The lowest BCUT2D eigenvalue weighted by molar-refractivity contribution is -0.0597. The Morgan fingerprint density at radius 3 is 1.94 bits per heavy atom. The molecule has 8 rings (SSSR count). The Labute approximate surface area is 302 Å². The van der Waals surface area contributed by atoms with Crippen molar-refractivity contribution in [2.24, 2.45) is 45.7 Å². The maximum atomic E-state index is 9.24. The predicted octanol–water partition coefficient (Wildman–Crippen LogP) is 8.63. The zero-order valence-electron chi connectivity index (χ0n) is 29.9. The molecule has 2 heterocycles. The van der Waals surface area contributed by atoms with Crippen molar-refractivity contribution in [3.8, 4) is 0 Å². The van der Waals surface area contributed by atoms with E-state index in [2.05, 4.69) is 14.7 Å². The Bertz CT molecular complexity index is 972. The van der Waals surface area contributed by atoms with Crippen LogP contribution in [0.3, 0.4) is 0 Å². The second kappa shape index (κ2) is 17.4. The molecule has 1 saturated heterocycles. The normalized spacial score (nSPS) is 34.1. The van der Waals surface area contributed by atoms with Gasteiger partial charge in [-0.15, -0.1) is 0 Å². The number of unbranched alkanes of at least 4 members (excludes halogenated alkanes) is 2. The van der Waals surface area contributed by atoms with Gasteiger partial charge in [-0.25, -0.2) is 0 Å². The predicted molar refractivity (Wildman–Crippen MR) is 208 cm³/mol. The van der Waals surface area contributed by atoms with E-state index in [0.29, 0.717) is 17.5 Å². The van der Waals surface area contributed by atoms with Gasteiger partial charge in [-0.1, -0.05) is 77.0 Å². The van der Waals surface area contributed by atoms with Gasteiger partial charge in [0.2, 0.25) is 0 Å². The van der Waals surface area contributed by atoms with Crippen molar-refractivity contribution < 1.29 is 0 Å². The van der Waals surface area contributed by atoms with Gasteiger partial charge in [0.1, 0.15) is 0 Å². The molecule has 8 heteroatoms. The molecule has 2 atom stereocenters. The summed E-state index contributed by atoms with van der Waals surface area (Å²) in [6.45, 7) is 5.27. The fourth-order valence-corrected chi connectivity index (χ4v) is 12.2. The molecule has 0 unspecified atom stereocenters. The minimum absolute atomic E-state index is 0. The molecule has 8 aliphatic rings. The van der Waals surface area contributed by atoms with Gasteiger partial charge in [-0.05, 0) is 112 Å². The smallest absolute Gasteiger partial charge is 0.194 e. The van der Waals surface area contributed by atoms with Crippen molar-refractivity contribution in [1.29, 1.82) is 5.41 Å². The van der Waals surface area contributed by atoms with E-state index in [1.165, 1.54) is 154 Å². The largest absolute Gasteiger partial charge is 0.370 e. The topological polar surface area (TPSA) is 71.9 Å². The first-order valence-corrected chi connectivity index (χ1v) is 20.2. The lowest BCUT2D eigenvalue weighted by Gasteiger charge is -2.57.